The SMILES string of the molecule is N#Cc1ccc(-c2cccc3c2-c2c(-c4cccc(-c5cc(-c6ccccc6)nc(-c6ccccc6)n5)c4)cccc2C32c3ccccc3Sc3ccccc32)cc1. The number of rotatable bonds is 5. The number of hydrogen-bond acceptors (Lipinski definition) is 4. The second-order valence-electron chi connectivity index (χ2n) is 14.8. The molecule has 270 valence electrons. The summed E-state index contributed by atoms with van der Waals surface area (Å²) in [5.41, 5.74) is 17.0. The molecule has 0 atom stereocenters. The molecule has 1 aromatic heterocycles. The Kier molecular flexibility index (Phi) is 8.03. The van der Waals surface area contributed by atoms with Crippen LogP contribution in [0.4, 0.5) is 0 Å². The molecule has 1 aliphatic heterocycles. The molecule has 4 heteroatoms. The Hall–Kier alpha value is -7.32. The number of nitriles is 1. The maximum absolute atomic E-state index is 9.69. The topological polar surface area (TPSA) is 49.6 Å². The van der Waals surface area contributed by atoms with Crippen molar-refractivity contribution in [2.45, 2.75) is 15.2 Å². The minimum absolute atomic E-state index is 0.541. The van der Waals surface area contributed by atoms with E-state index in [9.17, 15) is 5.26 Å². The van der Waals surface area contributed by atoms with Crippen molar-refractivity contribution >= 4 is 11.8 Å². The first kappa shape index (κ1) is 34.0. The zero-order valence-corrected chi connectivity index (χ0v) is 32.1. The van der Waals surface area contributed by atoms with Crippen molar-refractivity contribution in [1.29, 1.82) is 5.26 Å². The molecule has 0 bridgehead atoms. The monoisotopic (exact) mass is 755 g/mol. The average Bonchev–Trinajstić information content (AvgIpc) is 3.60. The van der Waals surface area contributed by atoms with Crippen molar-refractivity contribution in [1.82, 2.24) is 9.97 Å². The summed E-state index contributed by atoms with van der Waals surface area (Å²) >= 11 is 1.85. The van der Waals surface area contributed by atoms with Gasteiger partial charge >= 0.3 is 0 Å². The van der Waals surface area contributed by atoms with E-state index >= 15 is 0 Å². The molecule has 11 rings (SSSR count). The van der Waals surface area contributed by atoms with E-state index in [1.807, 2.05) is 48.2 Å². The maximum Gasteiger partial charge on any atom is 0.160 e. The van der Waals surface area contributed by atoms with E-state index in [1.54, 1.807) is 0 Å². The summed E-state index contributed by atoms with van der Waals surface area (Å²) < 4.78 is 0. The number of fused-ring (bicyclic) bond motifs is 9. The molecule has 8 aromatic carbocycles. The minimum Gasteiger partial charge on any atom is -0.228 e. The van der Waals surface area contributed by atoms with E-state index in [4.69, 9.17) is 9.97 Å². The van der Waals surface area contributed by atoms with Crippen LogP contribution in [-0.2, 0) is 5.41 Å². The molecule has 2 aliphatic rings. The fourth-order valence-electron chi connectivity index (χ4n) is 9.11. The second kappa shape index (κ2) is 13.7. The third-order valence-electron chi connectivity index (χ3n) is 11.6. The van der Waals surface area contributed by atoms with Crippen LogP contribution < -0.4 is 0 Å². The van der Waals surface area contributed by atoms with Crippen molar-refractivity contribution in [2.24, 2.45) is 0 Å². The number of benzene rings is 8. The Morgan fingerprint density at radius 1 is 0.397 bits per heavy atom. The Balaban J connectivity index is 1.18. The van der Waals surface area contributed by atoms with Gasteiger partial charge in [0.2, 0.25) is 0 Å². The normalized spacial score (nSPS) is 12.9. The molecule has 0 unspecified atom stereocenters. The molecule has 2 heterocycles. The first-order chi connectivity index (χ1) is 28.7. The van der Waals surface area contributed by atoms with Crippen LogP contribution in [0.5, 0.6) is 0 Å². The summed E-state index contributed by atoms with van der Waals surface area (Å²) in [6.45, 7) is 0. The smallest absolute Gasteiger partial charge is 0.160 e. The number of hydrogen-bond donors (Lipinski definition) is 0. The molecule has 1 spiro atoms. The zero-order valence-electron chi connectivity index (χ0n) is 31.3. The molecule has 1 aliphatic carbocycles. The first-order valence-corrected chi connectivity index (χ1v) is 20.3. The summed E-state index contributed by atoms with van der Waals surface area (Å²) in [5.74, 6) is 0.693. The summed E-state index contributed by atoms with van der Waals surface area (Å²) in [4.78, 5) is 12.8. The van der Waals surface area contributed by atoms with Gasteiger partial charge in [-0.1, -0.05) is 176 Å². The largest absolute Gasteiger partial charge is 0.228 e. The predicted molar refractivity (Wildman–Crippen MR) is 235 cm³/mol. The Bertz CT molecular complexity index is 2990. The van der Waals surface area contributed by atoms with Crippen LogP contribution in [0.3, 0.4) is 0 Å². The van der Waals surface area contributed by atoms with Gasteiger partial charge in [0.25, 0.3) is 0 Å². The van der Waals surface area contributed by atoms with Gasteiger partial charge in [-0.25, -0.2) is 9.97 Å². The lowest BCUT2D eigenvalue weighted by Gasteiger charge is -2.39. The molecule has 58 heavy (non-hydrogen) atoms. The predicted octanol–water partition coefficient (Wildman–Crippen LogP) is 13.5. The fourth-order valence-corrected chi connectivity index (χ4v) is 10.3. The van der Waals surface area contributed by atoms with Crippen LogP contribution >= 0.6 is 11.8 Å². The molecule has 0 amide bonds. The van der Waals surface area contributed by atoms with Crippen molar-refractivity contribution in [2.75, 3.05) is 0 Å². The summed E-state index contributed by atoms with van der Waals surface area (Å²) in [6, 6.07) is 73.3. The van der Waals surface area contributed by atoms with Gasteiger partial charge in [0.05, 0.1) is 28.4 Å². The van der Waals surface area contributed by atoms with Gasteiger partial charge in [0.15, 0.2) is 5.82 Å². The molecule has 0 N–H and O–H groups in total. The van der Waals surface area contributed by atoms with Gasteiger partial charge in [0.1, 0.15) is 0 Å². The zero-order chi connectivity index (χ0) is 38.6. The standard InChI is InChI=1S/C54H33N3S/c55-34-35-28-30-36(31-29-35)41-20-12-24-45-51(41)52-42(21-13-25-46(52)54(45)43-22-7-9-26-49(43)58-50-27-10-8-23-44(50)54)39-18-11-19-40(32-39)48-33-47(37-14-3-1-4-15-37)56-53(57-48)38-16-5-2-6-17-38/h1-33H. The van der Waals surface area contributed by atoms with E-state index < -0.39 is 5.41 Å². The van der Waals surface area contributed by atoms with Crippen molar-refractivity contribution in [3.05, 3.63) is 228 Å². The molecular weight excluding hydrogens is 723 g/mol. The summed E-state index contributed by atoms with van der Waals surface area (Å²) in [6.07, 6.45) is 0. The van der Waals surface area contributed by atoms with Gasteiger partial charge in [0, 0.05) is 26.5 Å². The van der Waals surface area contributed by atoms with Gasteiger partial charge < -0.3 is 0 Å². The highest BCUT2D eigenvalue weighted by atomic mass is 32.2. The van der Waals surface area contributed by atoms with Gasteiger partial charge in [-0.3, -0.25) is 0 Å². The minimum atomic E-state index is -0.541. The lowest BCUT2D eigenvalue weighted by molar-refractivity contribution is 0.722. The Morgan fingerprint density at radius 2 is 0.879 bits per heavy atom. The maximum atomic E-state index is 9.69. The third kappa shape index (κ3) is 5.29. The van der Waals surface area contributed by atoms with E-state index in [0.29, 0.717) is 11.4 Å². The molecule has 0 radical (unpaired) electrons. The summed E-state index contributed by atoms with van der Waals surface area (Å²) in [7, 11) is 0. The quantitative estimate of drug-likeness (QED) is 0.175. The molecule has 0 saturated carbocycles. The lowest BCUT2D eigenvalue weighted by Crippen LogP contribution is -2.31. The van der Waals surface area contributed by atoms with Gasteiger partial charge in [-0.2, -0.15) is 5.26 Å². The highest BCUT2D eigenvalue weighted by molar-refractivity contribution is 7.99. The number of nitrogens with zero attached hydrogens (tertiary/aromatic N) is 3. The highest BCUT2D eigenvalue weighted by Gasteiger charge is 2.51. The summed E-state index contributed by atoms with van der Waals surface area (Å²) in [5, 5.41) is 9.69. The van der Waals surface area contributed by atoms with Crippen LogP contribution in [0.25, 0.3) is 67.3 Å². The Morgan fingerprint density at radius 3 is 1.50 bits per heavy atom. The van der Waals surface area contributed by atoms with Crippen molar-refractivity contribution < 1.29 is 0 Å². The van der Waals surface area contributed by atoms with Gasteiger partial charge in [-0.15, -0.1) is 0 Å². The first-order valence-electron chi connectivity index (χ1n) is 19.5. The molecule has 9 aromatic rings. The van der Waals surface area contributed by atoms with Crippen LogP contribution in [0.1, 0.15) is 27.8 Å². The second-order valence-corrected chi connectivity index (χ2v) is 15.8. The van der Waals surface area contributed by atoms with E-state index in [2.05, 4.69) is 170 Å². The van der Waals surface area contributed by atoms with Gasteiger partial charge in [-0.05, 0) is 92.0 Å². The van der Waals surface area contributed by atoms with Crippen LogP contribution in [-0.4, -0.2) is 9.97 Å². The number of aromatic nitrogens is 2. The van der Waals surface area contributed by atoms with Crippen LogP contribution in [0.15, 0.2) is 210 Å². The van der Waals surface area contributed by atoms with E-state index in [0.717, 1.165) is 50.3 Å². The third-order valence-corrected chi connectivity index (χ3v) is 12.8. The van der Waals surface area contributed by atoms with Crippen molar-refractivity contribution in [3.63, 3.8) is 0 Å². The van der Waals surface area contributed by atoms with Crippen LogP contribution in [0.2, 0.25) is 0 Å². The van der Waals surface area contributed by atoms with E-state index in [-0.39, 0.29) is 0 Å². The Labute approximate surface area is 342 Å². The molecule has 0 saturated heterocycles. The fraction of sp³-hybridized carbons (Fsp3) is 0.0185. The highest BCUT2D eigenvalue weighted by Crippen LogP contribution is 2.64. The van der Waals surface area contributed by atoms with Crippen LogP contribution in [0, 0.1) is 11.3 Å². The molecule has 3 nitrogen and oxygen atoms in total. The lowest BCUT2D eigenvalue weighted by atomic mass is 9.67. The average molecular weight is 756 g/mol. The molecule has 0 fully saturated rings. The molecular formula is C54H33N3S. The van der Waals surface area contributed by atoms with Crippen molar-refractivity contribution in [3.8, 4) is 73.4 Å². The van der Waals surface area contributed by atoms with E-state index in [1.165, 1.54) is 43.2 Å².